The van der Waals surface area contributed by atoms with Gasteiger partial charge in [0.15, 0.2) is 5.13 Å². The zero-order valence-corrected chi connectivity index (χ0v) is 15.0. The zero-order valence-electron chi connectivity index (χ0n) is 12.7. The molecule has 0 atom stereocenters. The van der Waals surface area contributed by atoms with E-state index in [0.717, 1.165) is 5.69 Å². The molecule has 0 radical (unpaired) electrons. The second kappa shape index (κ2) is 7.41. The van der Waals surface area contributed by atoms with Crippen LogP contribution < -0.4 is 5.32 Å². The van der Waals surface area contributed by atoms with E-state index in [-0.39, 0.29) is 12.2 Å². The molecule has 0 spiro atoms. The first kappa shape index (κ1) is 17.7. The molecular weight excluding hydrogens is 383 g/mol. The number of carbonyl (C=O) groups is 1. The summed E-state index contributed by atoms with van der Waals surface area (Å²) in [6.45, 7) is -0.330. The van der Waals surface area contributed by atoms with Gasteiger partial charge < -0.3 is 15.5 Å². The first-order chi connectivity index (χ1) is 12.0. The normalized spacial score (nSPS) is 10.7. The van der Waals surface area contributed by atoms with Crippen LogP contribution in [0.25, 0.3) is 11.3 Å². The number of benzene rings is 2. The van der Waals surface area contributed by atoms with E-state index in [1.165, 1.54) is 17.4 Å². The molecule has 0 saturated carbocycles. The summed E-state index contributed by atoms with van der Waals surface area (Å²) in [5.74, 6) is -1.09. The molecular formula is C17H12Cl2N2O3S. The van der Waals surface area contributed by atoms with E-state index in [0.29, 0.717) is 32.0 Å². The van der Waals surface area contributed by atoms with Crippen molar-refractivity contribution in [2.75, 3.05) is 5.32 Å². The Morgan fingerprint density at radius 1 is 1.16 bits per heavy atom. The third-order valence-corrected chi connectivity index (χ3v) is 4.98. The molecule has 0 saturated heterocycles. The number of aromatic carboxylic acids is 1. The topological polar surface area (TPSA) is 82.5 Å². The van der Waals surface area contributed by atoms with Gasteiger partial charge in [-0.2, -0.15) is 0 Å². The van der Waals surface area contributed by atoms with E-state index >= 15 is 0 Å². The fourth-order valence-corrected chi connectivity index (χ4v) is 3.27. The first-order valence-electron chi connectivity index (χ1n) is 7.13. The van der Waals surface area contributed by atoms with Crippen molar-refractivity contribution >= 4 is 51.3 Å². The highest BCUT2D eigenvalue weighted by molar-refractivity contribution is 7.14. The number of nitrogens with one attached hydrogen (secondary N) is 1. The Balaban J connectivity index is 1.87. The van der Waals surface area contributed by atoms with Crippen LogP contribution in [0.5, 0.6) is 0 Å². The summed E-state index contributed by atoms with van der Waals surface area (Å²) in [5, 5.41) is 25.0. The van der Waals surface area contributed by atoms with Gasteiger partial charge in [0.25, 0.3) is 0 Å². The second-order valence-corrected chi connectivity index (χ2v) is 6.80. The molecule has 2 aromatic carbocycles. The van der Waals surface area contributed by atoms with Crippen molar-refractivity contribution in [1.82, 2.24) is 4.98 Å². The van der Waals surface area contributed by atoms with Crippen molar-refractivity contribution in [2.24, 2.45) is 0 Å². The van der Waals surface area contributed by atoms with Crippen LogP contribution in [0.15, 0.2) is 41.8 Å². The van der Waals surface area contributed by atoms with Gasteiger partial charge in [-0.25, -0.2) is 9.78 Å². The molecule has 0 aliphatic carbocycles. The highest BCUT2D eigenvalue weighted by Crippen LogP contribution is 2.31. The van der Waals surface area contributed by atoms with Crippen molar-refractivity contribution in [3.63, 3.8) is 0 Å². The third kappa shape index (κ3) is 3.93. The lowest BCUT2D eigenvalue weighted by molar-refractivity contribution is 0.0693. The summed E-state index contributed by atoms with van der Waals surface area (Å²) < 4.78 is 0. The summed E-state index contributed by atoms with van der Waals surface area (Å²) in [6.07, 6.45) is 0. The number of rotatable bonds is 5. The van der Waals surface area contributed by atoms with E-state index in [4.69, 9.17) is 23.2 Å². The monoisotopic (exact) mass is 394 g/mol. The number of carboxylic acid groups (broad SMARTS) is 1. The van der Waals surface area contributed by atoms with Crippen LogP contribution in [0.3, 0.4) is 0 Å². The molecule has 1 aromatic heterocycles. The molecule has 0 amide bonds. The van der Waals surface area contributed by atoms with Crippen LogP contribution >= 0.6 is 34.5 Å². The number of halogens is 2. The van der Waals surface area contributed by atoms with E-state index in [1.807, 2.05) is 5.38 Å². The second-order valence-electron chi connectivity index (χ2n) is 5.13. The predicted octanol–water partition coefficient (Wildman–Crippen LogP) is 5.05. The summed E-state index contributed by atoms with van der Waals surface area (Å²) in [7, 11) is 0. The van der Waals surface area contributed by atoms with Gasteiger partial charge in [0.05, 0.1) is 27.9 Å². The van der Waals surface area contributed by atoms with E-state index in [9.17, 15) is 15.0 Å². The summed E-state index contributed by atoms with van der Waals surface area (Å²) in [4.78, 5) is 15.8. The SMILES string of the molecule is O=C(O)c1cc(-c2csc(Nc3ccc(Cl)c(Cl)c3)n2)ccc1CO. The molecule has 0 bridgehead atoms. The van der Waals surface area contributed by atoms with Gasteiger partial charge in [0.2, 0.25) is 0 Å². The quantitative estimate of drug-likeness (QED) is 0.563. The number of anilines is 2. The van der Waals surface area contributed by atoms with Crippen LogP contribution in [-0.2, 0) is 6.61 Å². The molecule has 8 heteroatoms. The predicted molar refractivity (Wildman–Crippen MR) is 100 cm³/mol. The third-order valence-electron chi connectivity index (χ3n) is 3.48. The molecule has 0 unspecified atom stereocenters. The molecule has 0 fully saturated rings. The number of hydrogen-bond acceptors (Lipinski definition) is 5. The molecule has 3 rings (SSSR count). The van der Waals surface area contributed by atoms with Gasteiger partial charge in [-0.05, 0) is 29.8 Å². The van der Waals surface area contributed by atoms with Crippen LogP contribution in [-0.4, -0.2) is 21.2 Å². The van der Waals surface area contributed by atoms with Gasteiger partial charge in [0.1, 0.15) is 0 Å². The Kier molecular flexibility index (Phi) is 5.24. The highest BCUT2D eigenvalue weighted by atomic mass is 35.5. The van der Waals surface area contributed by atoms with Crippen molar-refractivity contribution < 1.29 is 15.0 Å². The first-order valence-corrected chi connectivity index (χ1v) is 8.76. The number of aliphatic hydroxyl groups excluding tert-OH is 1. The minimum atomic E-state index is -1.09. The Morgan fingerprint density at radius 3 is 2.64 bits per heavy atom. The molecule has 3 N–H and O–H groups in total. The minimum Gasteiger partial charge on any atom is -0.478 e. The fourth-order valence-electron chi connectivity index (χ4n) is 2.23. The summed E-state index contributed by atoms with van der Waals surface area (Å²) in [5.41, 5.74) is 2.47. The van der Waals surface area contributed by atoms with E-state index in [1.54, 1.807) is 30.3 Å². The number of thiazole rings is 1. The molecule has 0 aliphatic heterocycles. The lowest BCUT2D eigenvalue weighted by Gasteiger charge is -2.05. The standard InChI is InChI=1S/C17H12Cl2N2O3S/c18-13-4-3-11(6-14(13)19)20-17-21-15(8-25-17)9-1-2-10(7-22)12(5-9)16(23)24/h1-6,8,22H,7H2,(H,20,21)(H,23,24). The summed E-state index contributed by atoms with van der Waals surface area (Å²) in [6, 6.07) is 10.00. The van der Waals surface area contributed by atoms with Gasteiger partial charge >= 0.3 is 5.97 Å². The number of aliphatic hydroxyl groups is 1. The molecule has 25 heavy (non-hydrogen) atoms. The lowest BCUT2D eigenvalue weighted by Crippen LogP contribution is -2.02. The van der Waals surface area contributed by atoms with Gasteiger partial charge in [0, 0.05) is 16.6 Å². The number of nitrogens with zero attached hydrogens (tertiary/aromatic N) is 1. The maximum absolute atomic E-state index is 11.3. The van der Waals surface area contributed by atoms with Crippen LogP contribution in [0.1, 0.15) is 15.9 Å². The molecule has 1 heterocycles. The van der Waals surface area contributed by atoms with Crippen molar-refractivity contribution in [1.29, 1.82) is 0 Å². The maximum Gasteiger partial charge on any atom is 0.336 e. The van der Waals surface area contributed by atoms with Crippen molar-refractivity contribution in [3.8, 4) is 11.3 Å². The lowest BCUT2D eigenvalue weighted by atomic mass is 10.0. The van der Waals surface area contributed by atoms with Gasteiger partial charge in [-0.3, -0.25) is 0 Å². The Morgan fingerprint density at radius 2 is 1.96 bits per heavy atom. The average Bonchev–Trinajstić information content (AvgIpc) is 3.06. The highest BCUT2D eigenvalue weighted by Gasteiger charge is 2.13. The number of carboxylic acids is 1. The van der Waals surface area contributed by atoms with Gasteiger partial charge in [-0.15, -0.1) is 11.3 Å². The largest absolute Gasteiger partial charge is 0.478 e. The maximum atomic E-state index is 11.3. The average molecular weight is 395 g/mol. The van der Waals surface area contributed by atoms with E-state index in [2.05, 4.69) is 10.3 Å². The molecule has 3 aromatic rings. The smallest absolute Gasteiger partial charge is 0.336 e. The Bertz CT molecular complexity index is 943. The molecule has 5 nitrogen and oxygen atoms in total. The van der Waals surface area contributed by atoms with Gasteiger partial charge in [-0.1, -0.05) is 35.3 Å². The van der Waals surface area contributed by atoms with Crippen molar-refractivity contribution in [3.05, 3.63) is 63.0 Å². The summed E-state index contributed by atoms with van der Waals surface area (Å²) >= 11 is 13.3. The van der Waals surface area contributed by atoms with Crippen LogP contribution in [0.4, 0.5) is 10.8 Å². The number of aromatic nitrogens is 1. The zero-order chi connectivity index (χ0) is 18.0. The Hall–Kier alpha value is -2.12. The fraction of sp³-hybridized carbons (Fsp3) is 0.0588. The van der Waals surface area contributed by atoms with Crippen molar-refractivity contribution in [2.45, 2.75) is 6.61 Å². The minimum absolute atomic E-state index is 0.0620. The Labute approximate surface area is 157 Å². The number of hydrogen-bond donors (Lipinski definition) is 3. The molecule has 128 valence electrons. The van der Waals surface area contributed by atoms with E-state index < -0.39 is 5.97 Å². The van der Waals surface area contributed by atoms with Crippen LogP contribution in [0.2, 0.25) is 10.0 Å². The van der Waals surface area contributed by atoms with Crippen LogP contribution in [0, 0.1) is 0 Å². The molecule has 0 aliphatic rings.